The van der Waals surface area contributed by atoms with Crippen molar-refractivity contribution in [3.63, 3.8) is 0 Å². The van der Waals surface area contributed by atoms with Crippen LogP contribution in [0.1, 0.15) is 12.5 Å². The van der Waals surface area contributed by atoms with Crippen LogP contribution in [-0.4, -0.2) is 11.6 Å². The first-order chi connectivity index (χ1) is 6.57. The zero-order chi connectivity index (χ0) is 10.7. The van der Waals surface area contributed by atoms with Gasteiger partial charge in [-0.15, -0.1) is 11.8 Å². The monoisotopic (exact) mass is 276 g/mol. The van der Waals surface area contributed by atoms with Crippen LogP contribution < -0.4 is 5.73 Å². The maximum atomic E-state index is 13.6. The SMILES string of the molecule is CCSc1ccc(C(=N)N)c(Br)c1F. The molecule has 1 aromatic rings. The van der Waals surface area contributed by atoms with Crippen molar-refractivity contribution in [2.45, 2.75) is 11.8 Å². The Morgan fingerprint density at radius 2 is 2.29 bits per heavy atom. The van der Waals surface area contributed by atoms with Gasteiger partial charge in [-0.05, 0) is 33.8 Å². The number of hydrogen-bond acceptors (Lipinski definition) is 2. The predicted molar refractivity (Wildman–Crippen MR) is 61.5 cm³/mol. The minimum Gasteiger partial charge on any atom is -0.384 e. The minimum atomic E-state index is -0.343. The molecule has 5 heteroatoms. The summed E-state index contributed by atoms with van der Waals surface area (Å²) in [5, 5.41) is 7.22. The maximum absolute atomic E-state index is 13.6. The summed E-state index contributed by atoms with van der Waals surface area (Å²) < 4.78 is 13.9. The normalized spacial score (nSPS) is 10.2. The third-order valence-corrected chi connectivity index (χ3v) is 3.33. The van der Waals surface area contributed by atoms with Crippen LogP contribution in [0.25, 0.3) is 0 Å². The van der Waals surface area contributed by atoms with E-state index in [1.165, 1.54) is 11.8 Å². The summed E-state index contributed by atoms with van der Waals surface area (Å²) >= 11 is 4.51. The minimum absolute atomic E-state index is 0.135. The Hall–Kier alpha value is -0.550. The number of nitrogens with one attached hydrogen (secondary N) is 1. The van der Waals surface area contributed by atoms with Crippen molar-refractivity contribution >= 4 is 33.5 Å². The molecule has 0 unspecified atom stereocenters. The lowest BCUT2D eigenvalue weighted by Gasteiger charge is -2.07. The van der Waals surface area contributed by atoms with Crippen LogP contribution in [0.15, 0.2) is 21.5 Å². The average molecular weight is 277 g/mol. The molecule has 0 saturated heterocycles. The molecule has 0 heterocycles. The Morgan fingerprint density at radius 3 is 2.79 bits per heavy atom. The van der Waals surface area contributed by atoms with Crippen LogP contribution in [0.5, 0.6) is 0 Å². The van der Waals surface area contributed by atoms with E-state index in [2.05, 4.69) is 15.9 Å². The summed E-state index contributed by atoms with van der Waals surface area (Å²) in [4.78, 5) is 0.573. The van der Waals surface area contributed by atoms with E-state index in [-0.39, 0.29) is 16.1 Å². The lowest BCUT2D eigenvalue weighted by Crippen LogP contribution is -2.12. The second-order valence-corrected chi connectivity index (χ2v) is 4.68. The largest absolute Gasteiger partial charge is 0.384 e. The van der Waals surface area contributed by atoms with E-state index in [0.29, 0.717) is 10.5 Å². The van der Waals surface area contributed by atoms with Crippen LogP contribution in [0, 0.1) is 11.2 Å². The van der Waals surface area contributed by atoms with Crippen LogP contribution in [-0.2, 0) is 0 Å². The number of halogens is 2. The van der Waals surface area contributed by atoms with Crippen LogP contribution >= 0.6 is 27.7 Å². The standard InChI is InChI=1S/C9H10BrFN2S/c1-2-14-6-4-3-5(9(12)13)7(10)8(6)11/h3-4H,2H2,1H3,(H3,12,13). The Morgan fingerprint density at radius 1 is 1.64 bits per heavy atom. The van der Waals surface area contributed by atoms with Crippen LogP contribution in [0.4, 0.5) is 4.39 Å². The van der Waals surface area contributed by atoms with Crippen molar-refractivity contribution in [2.75, 3.05) is 5.75 Å². The molecule has 0 spiro atoms. The first kappa shape index (κ1) is 11.5. The Balaban J connectivity index is 3.19. The van der Waals surface area contributed by atoms with Gasteiger partial charge in [-0.2, -0.15) is 0 Å². The van der Waals surface area contributed by atoms with Crippen molar-refractivity contribution in [3.05, 3.63) is 28.0 Å². The Bertz CT molecular complexity index is 368. The fourth-order valence-corrected chi connectivity index (χ4v) is 2.40. The molecular formula is C9H10BrFN2S. The smallest absolute Gasteiger partial charge is 0.151 e. The molecule has 2 nitrogen and oxygen atoms in total. The maximum Gasteiger partial charge on any atom is 0.151 e. The molecule has 0 aliphatic carbocycles. The molecular weight excluding hydrogens is 267 g/mol. The highest BCUT2D eigenvalue weighted by molar-refractivity contribution is 9.10. The fourth-order valence-electron chi connectivity index (χ4n) is 1.01. The number of benzene rings is 1. The second-order valence-electron chi connectivity index (χ2n) is 2.59. The van der Waals surface area contributed by atoms with Gasteiger partial charge in [0.05, 0.1) is 4.47 Å². The van der Waals surface area contributed by atoms with Gasteiger partial charge in [0.2, 0.25) is 0 Å². The fraction of sp³-hybridized carbons (Fsp3) is 0.222. The second kappa shape index (κ2) is 4.79. The molecule has 1 aromatic carbocycles. The predicted octanol–water partition coefficient (Wildman–Crippen LogP) is 2.98. The zero-order valence-corrected chi connectivity index (χ0v) is 10.0. The van der Waals surface area contributed by atoms with E-state index in [1.54, 1.807) is 12.1 Å². The van der Waals surface area contributed by atoms with E-state index in [9.17, 15) is 4.39 Å². The molecule has 76 valence electrons. The van der Waals surface area contributed by atoms with Crippen LogP contribution in [0.2, 0.25) is 0 Å². The molecule has 3 N–H and O–H groups in total. The molecule has 0 aliphatic heterocycles. The Labute approximate surface area is 94.7 Å². The highest BCUT2D eigenvalue weighted by atomic mass is 79.9. The van der Waals surface area contributed by atoms with Gasteiger partial charge in [-0.1, -0.05) is 6.92 Å². The van der Waals surface area contributed by atoms with Crippen molar-refractivity contribution in [1.82, 2.24) is 0 Å². The van der Waals surface area contributed by atoms with Gasteiger partial charge in [0.25, 0.3) is 0 Å². The number of thioether (sulfide) groups is 1. The van der Waals surface area contributed by atoms with Gasteiger partial charge in [-0.3, -0.25) is 5.41 Å². The average Bonchev–Trinajstić information content (AvgIpc) is 2.13. The number of amidine groups is 1. The lowest BCUT2D eigenvalue weighted by atomic mass is 10.2. The first-order valence-electron chi connectivity index (χ1n) is 4.03. The van der Waals surface area contributed by atoms with E-state index >= 15 is 0 Å². The van der Waals surface area contributed by atoms with Crippen molar-refractivity contribution in [2.24, 2.45) is 5.73 Å². The van der Waals surface area contributed by atoms with Gasteiger partial charge >= 0.3 is 0 Å². The van der Waals surface area contributed by atoms with Gasteiger partial charge in [0.1, 0.15) is 5.84 Å². The molecule has 0 radical (unpaired) electrons. The Kier molecular flexibility index (Phi) is 3.95. The van der Waals surface area contributed by atoms with E-state index in [0.717, 1.165) is 5.75 Å². The molecule has 0 saturated carbocycles. The quantitative estimate of drug-likeness (QED) is 0.507. The number of nitrogen functional groups attached to an aromatic ring is 1. The lowest BCUT2D eigenvalue weighted by molar-refractivity contribution is 0.594. The van der Waals surface area contributed by atoms with Crippen molar-refractivity contribution in [3.8, 4) is 0 Å². The van der Waals surface area contributed by atoms with Gasteiger partial charge in [0.15, 0.2) is 5.82 Å². The topological polar surface area (TPSA) is 49.9 Å². The summed E-state index contributed by atoms with van der Waals surface area (Å²) in [6, 6.07) is 3.29. The van der Waals surface area contributed by atoms with Crippen LogP contribution in [0.3, 0.4) is 0 Å². The molecule has 0 bridgehead atoms. The first-order valence-corrected chi connectivity index (χ1v) is 5.81. The van der Waals surface area contributed by atoms with E-state index < -0.39 is 0 Å². The molecule has 1 rings (SSSR count). The third-order valence-electron chi connectivity index (χ3n) is 1.64. The summed E-state index contributed by atoms with van der Waals surface area (Å²) in [7, 11) is 0. The van der Waals surface area contributed by atoms with Gasteiger partial charge in [0, 0.05) is 10.5 Å². The van der Waals surface area contributed by atoms with Crippen molar-refractivity contribution in [1.29, 1.82) is 5.41 Å². The molecule has 0 amide bonds. The summed E-state index contributed by atoms with van der Waals surface area (Å²) in [5.41, 5.74) is 5.68. The molecule has 0 fully saturated rings. The summed E-state index contributed by atoms with van der Waals surface area (Å²) in [6.45, 7) is 1.96. The third kappa shape index (κ3) is 2.27. The summed E-state index contributed by atoms with van der Waals surface area (Å²) in [5.74, 6) is 0.330. The highest BCUT2D eigenvalue weighted by Gasteiger charge is 2.12. The summed E-state index contributed by atoms with van der Waals surface area (Å²) in [6.07, 6.45) is 0. The zero-order valence-electron chi connectivity index (χ0n) is 7.60. The molecule has 0 aliphatic rings. The van der Waals surface area contributed by atoms with Crippen molar-refractivity contribution < 1.29 is 4.39 Å². The molecule has 14 heavy (non-hydrogen) atoms. The molecule has 0 aromatic heterocycles. The van der Waals surface area contributed by atoms with E-state index in [4.69, 9.17) is 11.1 Å². The number of nitrogens with two attached hydrogens (primary N) is 1. The number of rotatable bonds is 3. The van der Waals surface area contributed by atoms with E-state index in [1.807, 2.05) is 6.92 Å². The van der Waals surface area contributed by atoms with Gasteiger partial charge in [-0.25, -0.2) is 4.39 Å². The number of hydrogen-bond donors (Lipinski definition) is 2. The highest BCUT2D eigenvalue weighted by Crippen LogP contribution is 2.29. The molecule has 0 atom stereocenters. The van der Waals surface area contributed by atoms with Gasteiger partial charge < -0.3 is 5.73 Å².